The topological polar surface area (TPSA) is 86.6 Å². The third-order valence-corrected chi connectivity index (χ3v) is 5.00. The number of aromatic hydroxyl groups is 1. The third-order valence-electron chi connectivity index (χ3n) is 5.00. The molecule has 0 spiro atoms. The summed E-state index contributed by atoms with van der Waals surface area (Å²) in [4.78, 5) is 24.1. The maximum absolute atomic E-state index is 13.2. The highest BCUT2D eigenvalue weighted by Crippen LogP contribution is 2.27. The van der Waals surface area contributed by atoms with E-state index < -0.39 is 11.9 Å². The van der Waals surface area contributed by atoms with Crippen molar-refractivity contribution in [1.82, 2.24) is 0 Å². The number of hydrogen-bond acceptors (Lipinski definition) is 3. The highest BCUT2D eigenvalue weighted by atomic mass is 19.1. The van der Waals surface area contributed by atoms with Gasteiger partial charge >= 0.3 is 5.97 Å². The van der Waals surface area contributed by atoms with Gasteiger partial charge in [-0.3, -0.25) is 4.79 Å². The van der Waals surface area contributed by atoms with E-state index >= 15 is 0 Å². The molecule has 4 rings (SSSR count). The second kappa shape index (κ2) is 8.73. The zero-order chi connectivity index (χ0) is 22.7. The first kappa shape index (κ1) is 20.8. The van der Waals surface area contributed by atoms with Crippen LogP contribution in [0.15, 0.2) is 84.9 Å². The fraction of sp³-hybridized carbons (Fsp3) is 0. The fourth-order valence-electron chi connectivity index (χ4n) is 3.38. The highest BCUT2D eigenvalue weighted by Gasteiger charge is 2.13. The molecule has 4 aromatic rings. The van der Waals surface area contributed by atoms with E-state index in [2.05, 4.69) is 5.32 Å². The number of aromatic carboxylic acids is 1. The average Bonchev–Trinajstić information content (AvgIpc) is 2.78. The number of rotatable bonds is 5. The number of phenolic OH excluding ortho intramolecular Hbond substituents is 1. The third kappa shape index (κ3) is 4.49. The van der Waals surface area contributed by atoms with E-state index in [0.717, 1.165) is 5.39 Å². The van der Waals surface area contributed by atoms with Crippen LogP contribution in [0.3, 0.4) is 0 Å². The van der Waals surface area contributed by atoms with Crippen molar-refractivity contribution >= 4 is 34.4 Å². The SMILES string of the molecule is O=C(/C=C/c1ccc2cccc(O)c2c1)Nc1cc(-c2ccc(F)cc2)ccc1C(=O)O. The Bertz CT molecular complexity index is 1360. The Morgan fingerprint density at radius 3 is 2.38 bits per heavy atom. The first-order valence-corrected chi connectivity index (χ1v) is 9.75. The molecule has 0 bridgehead atoms. The number of nitrogens with one attached hydrogen (secondary N) is 1. The molecule has 4 aromatic carbocycles. The predicted molar refractivity (Wildman–Crippen MR) is 122 cm³/mol. The van der Waals surface area contributed by atoms with Crippen LogP contribution >= 0.6 is 0 Å². The summed E-state index contributed by atoms with van der Waals surface area (Å²) < 4.78 is 13.2. The molecule has 0 unspecified atom stereocenters. The number of benzene rings is 4. The van der Waals surface area contributed by atoms with Gasteiger partial charge in [-0.25, -0.2) is 9.18 Å². The van der Waals surface area contributed by atoms with E-state index in [-0.39, 0.29) is 22.8 Å². The summed E-state index contributed by atoms with van der Waals surface area (Å²) in [5.41, 5.74) is 2.09. The number of carboxylic acid groups (broad SMARTS) is 1. The summed E-state index contributed by atoms with van der Waals surface area (Å²) in [7, 11) is 0. The minimum Gasteiger partial charge on any atom is -0.507 e. The van der Waals surface area contributed by atoms with Crippen molar-refractivity contribution in [2.75, 3.05) is 5.32 Å². The van der Waals surface area contributed by atoms with E-state index in [0.29, 0.717) is 22.1 Å². The molecule has 0 aliphatic carbocycles. The van der Waals surface area contributed by atoms with Gasteiger partial charge in [0.05, 0.1) is 11.3 Å². The van der Waals surface area contributed by atoms with Crippen LogP contribution in [0.25, 0.3) is 28.0 Å². The number of carboxylic acids is 1. The minimum absolute atomic E-state index is 0.0618. The molecule has 3 N–H and O–H groups in total. The molecular formula is C26H18FNO4. The van der Waals surface area contributed by atoms with Gasteiger partial charge in [0.2, 0.25) is 5.91 Å². The number of amides is 1. The lowest BCUT2D eigenvalue weighted by Crippen LogP contribution is -2.12. The van der Waals surface area contributed by atoms with Crippen LogP contribution in [0.4, 0.5) is 10.1 Å². The van der Waals surface area contributed by atoms with E-state index in [1.165, 1.54) is 30.3 Å². The Labute approximate surface area is 183 Å². The van der Waals surface area contributed by atoms with E-state index in [1.54, 1.807) is 42.5 Å². The molecule has 32 heavy (non-hydrogen) atoms. The number of fused-ring (bicyclic) bond motifs is 1. The Morgan fingerprint density at radius 1 is 0.875 bits per heavy atom. The van der Waals surface area contributed by atoms with Crippen LogP contribution in [-0.4, -0.2) is 22.1 Å². The molecule has 6 heteroatoms. The molecule has 0 atom stereocenters. The summed E-state index contributed by atoms with van der Waals surface area (Å²) in [5, 5.41) is 23.6. The summed E-state index contributed by atoms with van der Waals surface area (Å²) in [5.74, 6) is -1.93. The van der Waals surface area contributed by atoms with Crippen molar-refractivity contribution in [2.24, 2.45) is 0 Å². The standard InChI is InChI=1S/C26H18FNO4/c27-20-10-7-17(8-11-20)19-9-12-21(26(31)32)23(15-19)28-25(30)13-5-16-4-6-18-2-1-3-24(29)22(18)14-16/h1-15,29H,(H,28,30)(H,31,32)/b13-5+. The molecule has 0 saturated carbocycles. The van der Waals surface area contributed by atoms with Crippen molar-refractivity contribution in [1.29, 1.82) is 0 Å². The molecule has 5 nitrogen and oxygen atoms in total. The van der Waals surface area contributed by atoms with Gasteiger partial charge in [0.25, 0.3) is 0 Å². The quantitative estimate of drug-likeness (QED) is 0.357. The minimum atomic E-state index is -1.18. The van der Waals surface area contributed by atoms with Crippen LogP contribution in [-0.2, 0) is 4.79 Å². The smallest absolute Gasteiger partial charge is 0.337 e. The van der Waals surface area contributed by atoms with Crippen molar-refractivity contribution < 1.29 is 24.2 Å². The summed E-state index contributed by atoms with van der Waals surface area (Å²) in [6, 6.07) is 20.9. The highest BCUT2D eigenvalue weighted by molar-refractivity contribution is 6.07. The second-order valence-corrected chi connectivity index (χ2v) is 7.15. The van der Waals surface area contributed by atoms with Crippen LogP contribution in [0.1, 0.15) is 15.9 Å². The van der Waals surface area contributed by atoms with Crippen molar-refractivity contribution in [3.63, 3.8) is 0 Å². The summed E-state index contributed by atoms with van der Waals surface area (Å²) >= 11 is 0. The van der Waals surface area contributed by atoms with Gasteiger partial charge in [-0.05, 0) is 64.6 Å². The molecule has 0 aromatic heterocycles. The largest absolute Gasteiger partial charge is 0.507 e. The summed E-state index contributed by atoms with van der Waals surface area (Å²) in [6.45, 7) is 0. The summed E-state index contributed by atoms with van der Waals surface area (Å²) in [6.07, 6.45) is 2.86. The maximum Gasteiger partial charge on any atom is 0.337 e. The van der Waals surface area contributed by atoms with Gasteiger partial charge < -0.3 is 15.5 Å². The fourth-order valence-corrected chi connectivity index (χ4v) is 3.38. The van der Waals surface area contributed by atoms with E-state index in [1.807, 2.05) is 18.2 Å². The molecule has 0 fully saturated rings. The van der Waals surface area contributed by atoms with Gasteiger partial charge in [-0.1, -0.05) is 42.5 Å². The number of halogens is 1. The molecular weight excluding hydrogens is 409 g/mol. The van der Waals surface area contributed by atoms with Gasteiger partial charge in [0.15, 0.2) is 0 Å². The second-order valence-electron chi connectivity index (χ2n) is 7.15. The number of carbonyl (C=O) groups is 2. The van der Waals surface area contributed by atoms with E-state index in [9.17, 15) is 24.2 Å². The van der Waals surface area contributed by atoms with Crippen molar-refractivity contribution in [3.8, 4) is 16.9 Å². The predicted octanol–water partition coefficient (Wildman–Crippen LogP) is 5.70. The molecule has 0 aliphatic rings. The van der Waals surface area contributed by atoms with Crippen LogP contribution in [0.2, 0.25) is 0 Å². The van der Waals surface area contributed by atoms with Gasteiger partial charge in [0, 0.05) is 11.5 Å². The van der Waals surface area contributed by atoms with Crippen LogP contribution in [0.5, 0.6) is 5.75 Å². The number of hydrogen-bond donors (Lipinski definition) is 3. The molecule has 0 heterocycles. The monoisotopic (exact) mass is 427 g/mol. The van der Waals surface area contributed by atoms with Gasteiger partial charge in [0.1, 0.15) is 11.6 Å². The Morgan fingerprint density at radius 2 is 1.62 bits per heavy atom. The normalized spacial score (nSPS) is 11.0. The maximum atomic E-state index is 13.2. The van der Waals surface area contributed by atoms with Crippen LogP contribution in [0, 0.1) is 5.82 Å². The Hall–Kier alpha value is -4.45. The Balaban J connectivity index is 1.59. The first-order valence-electron chi connectivity index (χ1n) is 9.75. The number of phenols is 1. The molecule has 0 aliphatic heterocycles. The first-order chi connectivity index (χ1) is 15.4. The molecule has 0 radical (unpaired) electrons. The number of carbonyl (C=O) groups excluding carboxylic acids is 1. The zero-order valence-electron chi connectivity index (χ0n) is 16.7. The van der Waals surface area contributed by atoms with Crippen LogP contribution < -0.4 is 5.32 Å². The lowest BCUT2D eigenvalue weighted by Gasteiger charge is -2.10. The lowest BCUT2D eigenvalue weighted by atomic mass is 10.0. The van der Waals surface area contributed by atoms with Crippen molar-refractivity contribution in [3.05, 3.63) is 102 Å². The lowest BCUT2D eigenvalue weighted by molar-refractivity contribution is -0.111. The van der Waals surface area contributed by atoms with Gasteiger partial charge in [-0.15, -0.1) is 0 Å². The van der Waals surface area contributed by atoms with Crippen molar-refractivity contribution in [2.45, 2.75) is 0 Å². The average molecular weight is 427 g/mol. The molecule has 0 saturated heterocycles. The zero-order valence-corrected chi connectivity index (χ0v) is 16.7. The molecule has 158 valence electrons. The van der Waals surface area contributed by atoms with E-state index in [4.69, 9.17) is 0 Å². The molecule has 1 amide bonds. The Kier molecular flexibility index (Phi) is 5.68. The number of anilines is 1. The van der Waals surface area contributed by atoms with Gasteiger partial charge in [-0.2, -0.15) is 0 Å².